The Morgan fingerprint density at radius 2 is 2.33 bits per heavy atom. The van der Waals surface area contributed by atoms with Crippen molar-refractivity contribution in [3.8, 4) is 5.75 Å². The molecule has 5 heteroatoms. The molecule has 0 saturated carbocycles. The molecule has 0 N–H and O–H groups in total. The van der Waals surface area contributed by atoms with Crippen molar-refractivity contribution in [1.29, 1.82) is 0 Å². The van der Waals surface area contributed by atoms with Crippen LogP contribution < -0.4 is 4.74 Å². The third-order valence-electron chi connectivity index (χ3n) is 4.32. The first-order valence-corrected chi connectivity index (χ1v) is 8.01. The Morgan fingerprint density at radius 1 is 1.48 bits per heavy atom. The van der Waals surface area contributed by atoms with Gasteiger partial charge >= 0.3 is 0 Å². The summed E-state index contributed by atoms with van der Waals surface area (Å²) in [6.07, 6.45) is 2.50. The van der Waals surface area contributed by atoms with Gasteiger partial charge in [0.05, 0.1) is 30.1 Å². The van der Waals surface area contributed by atoms with E-state index < -0.39 is 0 Å². The van der Waals surface area contributed by atoms with E-state index in [1.165, 1.54) is 0 Å². The summed E-state index contributed by atoms with van der Waals surface area (Å²) < 4.78 is 13.4. The van der Waals surface area contributed by atoms with Gasteiger partial charge in [0.25, 0.3) is 0 Å². The van der Waals surface area contributed by atoms with Crippen LogP contribution in [0.5, 0.6) is 5.75 Å². The fourth-order valence-electron chi connectivity index (χ4n) is 3.17. The van der Waals surface area contributed by atoms with Crippen LogP contribution in [0, 0.1) is 5.92 Å². The molecule has 0 bridgehead atoms. The van der Waals surface area contributed by atoms with Gasteiger partial charge < -0.3 is 14.0 Å². The number of imidazole rings is 1. The van der Waals surface area contributed by atoms with E-state index in [1.54, 1.807) is 7.11 Å². The van der Waals surface area contributed by atoms with Crippen molar-refractivity contribution in [3.05, 3.63) is 24.0 Å². The summed E-state index contributed by atoms with van der Waals surface area (Å²) in [5.41, 5.74) is 2.06. The zero-order valence-corrected chi connectivity index (χ0v) is 13.3. The third kappa shape index (κ3) is 2.74. The van der Waals surface area contributed by atoms with Crippen LogP contribution in [-0.4, -0.2) is 29.4 Å². The first-order chi connectivity index (χ1) is 10.3. The van der Waals surface area contributed by atoms with Gasteiger partial charge in [-0.25, -0.2) is 4.98 Å². The minimum Gasteiger partial charge on any atom is -0.497 e. The van der Waals surface area contributed by atoms with Gasteiger partial charge in [-0.15, -0.1) is 11.6 Å². The molecule has 0 aliphatic carbocycles. The number of hydrogen-bond donors (Lipinski definition) is 0. The van der Waals surface area contributed by atoms with Crippen molar-refractivity contribution in [1.82, 2.24) is 9.55 Å². The number of hydrogen-bond acceptors (Lipinski definition) is 3. The molecule has 2 heterocycles. The summed E-state index contributed by atoms with van der Waals surface area (Å²) in [6, 6.07) is 5.96. The van der Waals surface area contributed by atoms with Crippen LogP contribution in [0.3, 0.4) is 0 Å². The van der Waals surface area contributed by atoms with Crippen molar-refractivity contribution >= 4 is 22.6 Å². The topological polar surface area (TPSA) is 36.3 Å². The Balaban J connectivity index is 1.98. The van der Waals surface area contributed by atoms with Gasteiger partial charge in [0.2, 0.25) is 0 Å². The van der Waals surface area contributed by atoms with E-state index in [0.717, 1.165) is 48.6 Å². The number of fused-ring (bicyclic) bond motifs is 1. The summed E-state index contributed by atoms with van der Waals surface area (Å²) in [4.78, 5) is 4.63. The molecule has 1 aliphatic rings. The van der Waals surface area contributed by atoms with Crippen LogP contribution in [0.25, 0.3) is 11.0 Å². The van der Waals surface area contributed by atoms with Crippen molar-refractivity contribution in [2.24, 2.45) is 5.92 Å². The molecule has 1 aliphatic heterocycles. The number of aromatic nitrogens is 2. The molecule has 1 aromatic heterocycles. The smallest absolute Gasteiger partial charge is 0.124 e. The van der Waals surface area contributed by atoms with Crippen molar-refractivity contribution in [2.45, 2.75) is 38.3 Å². The predicted molar refractivity (Wildman–Crippen MR) is 84.0 cm³/mol. The molecule has 1 fully saturated rings. The second-order valence-corrected chi connectivity index (χ2v) is 5.76. The van der Waals surface area contributed by atoms with Gasteiger partial charge in [-0.3, -0.25) is 0 Å². The molecular weight excluding hydrogens is 288 g/mol. The highest BCUT2D eigenvalue weighted by Gasteiger charge is 2.28. The van der Waals surface area contributed by atoms with Crippen LogP contribution >= 0.6 is 11.6 Å². The average molecular weight is 309 g/mol. The van der Waals surface area contributed by atoms with E-state index in [9.17, 15) is 0 Å². The number of methoxy groups -OCH3 is 1. The lowest BCUT2D eigenvalue weighted by Gasteiger charge is -2.19. The van der Waals surface area contributed by atoms with Crippen LogP contribution in [0.2, 0.25) is 0 Å². The molecular formula is C16H21ClN2O2. The molecule has 3 rings (SSSR count). The van der Waals surface area contributed by atoms with Crippen LogP contribution in [0.4, 0.5) is 0 Å². The van der Waals surface area contributed by atoms with Gasteiger partial charge in [0, 0.05) is 25.1 Å². The van der Waals surface area contributed by atoms with Crippen LogP contribution in [0.15, 0.2) is 18.2 Å². The Labute approximate surface area is 130 Å². The summed E-state index contributed by atoms with van der Waals surface area (Å²) >= 11 is 6.09. The van der Waals surface area contributed by atoms with E-state index in [-0.39, 0.29) is 0 Å². The highest BCUT2D eigenvalue weighted by atomic mass is 35.5. The highest BCUT2D eigenvalue weighted by Crippen LogP contribution is 2.29. The largest absolute Gasteiger partial charge is 0.497 e. The molecule has 2 unspecified atom stereocenters. The highest BCUT2D eigenvalue weighted by molar-refractivity contribution is 6.16. The van der Waals surface area contributed by atoms with E-state index >= 15 is 0 Å². The lowest BCUT2D eigenvalue weighted by atomic mass is 9.99. The van der Waals surface area contributed by atoms with Crippen LogP contribution in [0.1, 0.15) is 25.6 Å². The zero-order chi connectivity index (χ0) is 14.8. The number of alkyl halides is 1. The lowest BCUT2D eigenvalue weighted by Crippen LogP contribution is -2.21. The molecule has 1 saturated heterocycles. The first-order valence-electron chi connectivity index (χ1n) is 7.47. The van der Waals surface area contributed by atoms with Gasteiger partial charge in [-0.1, -0.05) is 6.92 Å². The monoisotopic (exact) mass is 308 g/mol. The second kappa shape index (κ2) is 6.24. The fourth-order valence-corrected chi connectivity index (χ4v) is 3.38. The number of rotatable bonds is 5. The van der Waals surface area contributed by atoms with Crippen molar-refractivity contribution in [2.75, 3.05) is 13.7 Å². The third-order valence-corrected chi connectivity index (χ3v) is 4.56. The molecule has 21 heavy (non-hydrogen) atoms. The van der Waals surface area contributed by atoms with Crippen molar-refractivity contribution < 1.29 is 9.47 Å². The minimum absolute atomic E-state index is 0.344. The maximum absolute atomic E-state index is 6.09. The number of ether oxygens (including phenoxy) is 2. The maximum atomic E-state index is 6.09. The van der Waals surface area contributed by atoms with E-state index in [2.05, 4.69) is 16.5 Å². The summed E-state index contributed by atoms with van der Waals surface area (Å²) in [7, 11) is 1.68. The molecule has 4 nitrogen and oxygen atoms in total. The Hall–Kier alpha value is -1.26. The number of nitrogens with zero attached hydrogens (tertiary/aromatic N) is 2. The van der Waals surface area contributed by atoms with E-state index in [0.29, 0.717) is 17.9 Å². The molecule has 0 amide bonds. The molecule has 2 aromatic rings. The second-order valence-electron chi connectivity index (χ2n) is 5.49. The molecule has 0 radical (unpaired) electrons. The Morgan fingerprint density at radius 3 is 3.05 bits per heavy atom. The molecule has 2 atom stereocenters. The lowest BCUT2D eigenvalue weighted by molar-refractivity contribution is 0.0836. The average Bonchev–Trinajstić information content (AvgIpc) is 3.11. The molecule has 0 spiro atoms. The minimum atomic E-state index is 0.344. The van der Waals surface area contributed by atoms with Gasteiger partial charge in [-0.05, 0) is 25.0 Å². The van der Waals surface area contributed by atoms with Gasteiger partial charge in [0.1, 0.15) is 11.6 Å². The SMILES string of the molecule is CCC1OCCC1Cn1c(CCl)nc2ccc(OC)cc21. The maximum Gasteiger partial charge on any atom is 0.124 e. The van der Waals surface area contributed by atoms with E-state index in [1.807, 2.05) is 18.2 Å². The van der Waals surface area contributed by atoms with Gasteiger partial charge in [-0.2, -0.15) is 0 Å². The standard InChI is InChI=1S/C16H21ClN2O2/c1-3-15-11(6-7-21-15)10-19-14-8-12(20-2)4-5-13(14)18-16(19)9-17/h4-5,8,11,15H,3,6-7,9-10H2,1-2H3. The van der Waals surface area contributed by atoms with Crippen molar-refractivity contribution in [3.63, 3.8) is 0 Å². The van der Waals surface area contributed by atoms with Crippen LogP contribution in [-0.2, 0) is 17.2 Å². The zero-order valence-electron chi connectivity index (χ0n) is 12.5. The molecule has 1 aromatic carbocycles. The summed E-state index contributed by atoms with van der Waals surface area (Å²) in [6.45, 7) is 3.94. The Bertz CT molecular complexity index is 626. The van der Waals surface area contributed by atoms with E-state index in [4.69, 9.17) is 21.1 Å². The van der Waals surface area contributed by atoms with Gasteiger partial charge in [0.15, 0.2) is 0 Å². The fraction of sp³-hybridized carbons (Fsp3) is 0.562. The quantitative estimate of drug-likeness (QED) is 0.792. The summed E-state index contributed by atoms with van der Waals surface area (Å²) in [5.74, 6) is 2.71. The Kier molecular flexibility index (Phi) is 4.36. The summed E-state index contributed by atoms with van der Waals surface area (Å²) in [5, 5.41) is 0. The predicted octanol–water partition coefficient (Wildman–Crippen LogP) is 3.60. The normalized spacial score (nSPS) is 22.0. The molecule has 114 valence electrons. The first kappa shape index (κ1) is 14.7. The number of halogens is 1. The number of benzene rings is 1.